The molecule has 276 valence electrons. The highest BCUT2D eigenvalue weighted by molar-refractivity contribution is 6.31. The molecule has 2 aromatic carbocycles. The minimum absolute atomic E-state index is 0.0599. The number of imide groups is 1. The first kappa shape index (κ1) is 36.3. The van der Waals surface area contributed by atoms with Crippen molar-refractivity contribution in [2.45, 2.75) is 71.8 Å². The van der Waals surface area contributed by atoms with Gasteiger partial charge in [0, 0.05) is 78.9 Å². The summed E-state index contributed by atoms with van der Waals surface area (Å²) in [6.45, 7) is 10.7. The number of rotatable bonds is 8. The minimum atomic E-state index is -0.918. The summed E-state index contributed by atoms with van der Waals surface area (Å²) < 4.78 is 22.5. The second-order valence-electron chi connectivity index (χ2n) is 15.5. The molecule has 7 rings (SSSR count). The fourth-order valence-electron chi connectivity index (χ4n) is 9.11. The number of carbonyl (C=O) groups is 4. The molecule has 3 fully saturated rings. The van der Waals surface area contributed by atoms with Gasteiger partial charge in [-0.1, -0.05) is 45.4 Å². The van der Waals surface area contributed by atoms with Crippen LogP contribution < -0.4 is 15.4 Å². The zero-order valence-electron chi connectivity index (χ0n) is 30.1. The van der Waals surface area contributed by atoms with Gasteiger partial charge in [-0.25, -0.2) is 9.37 Å². The van der Waals surface area contributed by atoms with Crippen molar-refractivity contribution in [1.29, 1.82) is 5.26 Å². The number of piperidine rings is 1. The van der Waals surface area contributed by atoms with Gasteiger partial charge in [0.25, 0.3) is 11.8 Å². The molecule has 1 atom stereocenters. The fourth-order valence-corrected chi connectivity index (χ4v) is 9.32. The summed E-state index contributed by atoms with van der Waals surface area (Å²) in [6, 6.07) is 12.1. The summed E-state index contributed by atoms with van der Waals surface area (Å²) in [5, 5.41) is 9.52. The van der Waals surface area contributed by atoms with Crippen LogP contribution in [0.25, 0.3) is 0 Å². The van der Waals surface area contributed by atoms with E-state index in [0.717, 1.165) is 5.82 Å². The molecule has 0 spiro atoms. The predicted molar refractivity (Wildman–Crippen MR) is 193 cm³/mol. The molecule has 12 nitrogen and oxygen atoms in total. The van der Waals surface area contributed by atoms with Crippen LogP contribution in [0.4, 0.5) is 10.2 Å². The lowest BCUT2D eigenvalue weighted by molar-refractivity contribution is -0.216. The van der Waals surface area contributed by atoms with E-state index in [2.05, 4.69) is 14.8 Å². The Morgan fingerprint density at radius 1 is 1.06 bits per heavy atom. The maximum absolute atomic E-state index is 16.2. The largest absolute Gasteiger partial charge is 0.489 e. The molecular formula is C39H41ClFN7O5. The van der Waals surface area contributed by atoms with Gasteiger partial charge in [0.1, 0.15) is 35.6 Å². The van der Waals surface area contributed by atoms with Crippen LogP contribution in [0, 0.1) is 28.0 Å². The molecule has 4 aliphatic rings. The van der Waals surface area contributed by atoms with Crippen LogP contribution in [-0.2, 0) is 22.7 Å². The quantitative estimate of drug-likeness (QED) is 0.329. The molecule has 1 aliphatic carbocycles. The van der Waals surface area contributed by atoms with E-state index >= 15 is 4.39 Å². The fraction of sp³-hybridized carbons (Fsp3) is 0.436. The summed E-state index contributed by atoms with van der Waals surface area (Å²) in [6.07, 6.45) is 1.27. The number of aromatic nitrogens is 1. The number of primary amides is 1. The van der Waals surface area contributed by atoms with Crippen LogP contribution in [0.15, 0.2) is 48.7 Å². The van der Waals surface area contributed by atoms with Gasteiger partial charge in [-0.2, -0.15) is 5.26 Å². The number of halogens is 2. The number of likely N-dealkylation sites (tertiary alicyclic amines) is 1. The topological polar surface area (TPSA) is 153 Å². The lowest BCUT2D eigenvalue weighted by atomic mass is 9.48. The number of ether oxygens (including phenoxy) is 1. The number of pyridine rings is 1. The van der Waals surface area contributed by atoms with Gasteiger partial charge >= 0.3 is 0 Å². The highest BCUT2D eigenvalue weighted by Crippen LogP contribution is 2.58. The van der Waals surface area contributed by atoms with E-state index in [0.29, 0.717) is 55.2 Å². The third kappa shape index (κ3) is 6.17. The van der Waals surface area contributed by atoms with E-state index < -0.39 is 52.6 Å². The van der Waals surface area contributed by atoms with Gasteiger partial charge in [0.2, 0.25) is 11.8 Å². The van der Waals surface area contributed by atoms with Crippen LogP contribution in [-0.4, -0.2) is 87.7 Å². The van der Waals surface area contributed by atoms with Crippen molar-refractivity contribution in [3.63, 3.8) is 0 Å². The number of nitrogens with two attached hydrogens (primary N) is 1. The Labute approximate surface area is 312 Å². The molecule has 3 aliphatic heterocycles. The Bertz CT molecular complexity index is 2040. The van der Waals surface area contributed by atoms with Crippen molar-refractivity contribution in [2.24, 2.45) is 16.6 Å². The molecule has 2 N–H and O–H groups in total. The number of nitriles is 1. The zero-order chi connectivity index (χ0) is 38.0. The Balaban J connectivity index is 1.03. The number of hydrogen-bond acceptors (Lipinski definition) is 9. The number of carbonyl (C=O) groups excluding carboxylic acids is 4. The number of nitrogens with zero attached hydrogens (tertiary/aromatic N) is 6. The monoisotopic (exact) mass is 741 g/mol. The first-order chi connectivity index (χ1) is 25.1. The highest BCUT2D eigenvalue weighted by atomic mass is 35.5. The summed E-state index contributed by atoms with van der Waals surface area (Å²) in [5.41, 5.74) is 5.61. The molecule has 14 heteroatoms. The Morgan fingerprint density at radius 3 is 2.40 bits per heavy atom. The number of benzene rings is 2. The lowest BCUT2D eigenvalue weighted by Gasteiger charge is -2.66. The van der Waals surface area contributed by atoms with Gasteiger partial charge in [0.05, 0.1) is 28.7 Å². The van der Waals surface area contributed by atoms with Gasteiger partial charge in [0.15, 0.2) is 0 Å². The zero-order valence-corrected chi connectivity index (χ0v) is 30.8. The first-order valence-corrected chi connectivity index (χ1v) is 18.1. The normalized spacial score (nSPS) is 23.8. The van der Waals surface area contributed by atoms with E-state index in [-0.39, 0.29) is 41.4 Å². The molecule has 1 aromatic heterocycles. The molecule has 1 saturated carbocycles. The predicted octanol–water partition coefficient (Wildman–Crippen LogP) is 4.52. The van der Waals surface area contributed by atoms with E-state index in [1.54, 1.807) is 42.5 Å². The van der Waals surface area contributed by atoms with E-state index in [4.69, 9.17) is 22.1 Å². The smallest absolute Gasteiger partial charge is 0.255 e. The Kier molecular flexibility index (Phi) is 9.19. The van der Waals surface area contributed by atoms with Crippen molar-refractivity contribution in [3.05, 3.63) is 87.3 Å². The van der Waals surface area contributed by atoms with Crippen LogP contribution in [0.5, 0.6) is 5.75 Å². The molecule has 3 aromatic rings. The molecule has 1 unspecified atom stereocenters. The summed E-state index contributed by atoms with van der Waals surface area (Å²) in [5.74, 6) is -0.979. The lowest BCUT2D eigenvalue weighted by Crippen LogP contribution is -2.77. The third-order valence-corrected chi connectivity index (χ3v) is 11.7. The number of piperazine rings is 1. The molecule has 4 heterocycles. The van der Waals surface area contributed by atoms with Crippen molar-refractivity contribution >= 4 is 41.0 Å². The SMILES string of the molecule is CC1(C)C(Oc2ccc(C#N)c(Cl)c2)C(C)(C)C1N1C(=O)CCC(N2Cc3c(ccc(CN4CCN(c5ccc(C(N)=O)cn5)CC4)c3F)C2=O)C1=O. The highest BCUT2D eigenvalue weighted by Gasteiger charge is 2.68. The Hall–Kier alpha value is -5.06. The number of amides is 4. The van der Waals surface area contributed by atoms with Crippen molar-refractivity contribution in [2.75, 3.05) is 31.1 Å². The number of anilines is 1. The number of hydrogen-bond donors (Lipinski definition) is 1. The van der Waals surface area contributed by atoms with E-state index in [1.807, 2.05) is 33.8 Å². The summed E-state index contributed by atoms with van der Waals surface area (Å²) >= 11 is 6.25. The van der Waals surface area contributed by atoms with Gasteiger partial charge < -0.3 is 20.3 Å². The van der Waals surface area contributed by atoms with Crippen molar-refractivity contribution in [3.8, 4) is 11.8 Å². The number of fused-ring (bicyclic) bond motifs is 1. The Morgan fingerprint density at radius 2 is 1.77 bits per heavy atom. The van der Waals surface area contributed by atoms with Gasteiger partial charge in [-0.3, -0.25) is 29.0 Å². The van der Waals surface area contributed by atoms with E-state index in [1.165, 1.54) is 16.0 Å². The maximum atomic E-state index is 16.2. The van der Waals surface area contributed by atoms with E-state index in [9.17, 15) is 24.4 Å². The molecular weight excluding hydrogens is 701 g/mol. The van der Waals surface area contributed by atoms with Crippen LogP contribution >= 0.6 is 11.6 Å². The molecule has 4 amide bonds. The van der Waals surface area contributed by atoms with Crippen LogP contribution in [0.2, 0.25) is 5.02 Å². The first-order valence-electron chi connectivity index (χ1n) is 17.7. The van der Waals surface area contributed by atoms with Crippen LogP contribution in [0.3, 0.4) is 0 Å². The maximum Gasteiger partial charge on any atom is 0.255 e. The molecule has 2 saturated heterocycles. The standard InChI is InChI=1S/C39H41ClFN7O5/c1-38(2)36(39(3,4)37(38)53-25-8-5-22(18-42)28(40)17-25)48-31(49)12-10-29(35(48)52)47-21-27-26(34(47)51)9-6-24(32(27)41)20-45-13-15-46(16-14-45)30-11-7-23(19-44-30)33(43)50/h5-9,11,17,19,29,36-37H,10,12-16,20-21H2,1-4H3,(H2,43,50). The molecule has 0 radical (unpaired) electrons. The summed E-state index contributed by atoms with van der Waals surface area (Å²) in [7, 11) is 0. The second-order valence-corrected chi connectivity index (χ2v) is 15.9. The van der Waals surface area contributed by atoms with Crippen LogP contribution in [0.1, 0.15) is 77.9 Å². The average molecular weight is 742 g/mol. The van der Waals surface area contributed by atoms with Gasteiger partial charge in [-0.15, -0.1) is 0 Å². The average Bonchev–Trinajstić information content (AvgIpc) is 3.46. The van der Waals surface area contributed by atoms with Crippen molar-refractivity contribution in [1.82, 2.24) is 19.7 Å². The molecule has 0 bridgehead atoms. The summed E-state index contributed by atoms with van der Waals surface area (Å²) in [4.78, 5) is 64.3. The second kappa shape index (κ2) is 13.4. The van der Waals surface area contributed by atoms with Gasteiger partial charge in [-0.05, 0) is 36.8 Å². The minimum Gasteiger partial charge on any atom is -0.489 e. The van der Waals surface area contributed by atoms with Crippen molar-refractivity contribution < 1.29 is 28.3 Å². The molecule has 53 heavy (non-hydrogen) atoms. The third-order valence-electron chi connectivity index (χ3n) is 11.4.